The van der Waals surface area contributed by atoms with Crippen molar-refractivity contribution in [2.24, 2.45) is 5.10 Å². The lowest BCUT2D eigenvalue weighted by Crippen LogP contribution is -2.39. The largest absolute Gasteiger partial charge is 0.196 e. The van der Waals surface area contributed by atoms with Crippen LogP contribution in [0.3, 0.4) is 0 Å². The van der Waals surface area contributed by atoms with E-state index in [0.29, 0.717) is 0 Å². The molecule has 0 bridgehead atoms. The lowest BCUT2D eigenvalue weighted by molar-refractivity contribution is 0.573. The third kappa shape index (κ3) is 1.93. The van der Waals surface area contributed by atoms with Crippen molar-refractivity contribution in [3.05, 3.63) is 66.2 Å². The van der Waals surface area contributed by atoms with Crippen LogP contribution in [0.15, 0.2) is 65.8 Å². The molecule has 0 fully saturated rings. The van der Waals surface area contributed by atoms with Gasteiger partial charge in [-0.15, -0.1) is 5.10 Å². The standard InChI is InChI=1S/C13H11BrN4/c14-17-13(11-7-3-1-4-8-11)15-16-18(17)12-9-5-2-6-10-12/h1-10,16H. The highest BCUT2D eigenvalue weighted by molar-refractivity contribution is 9.07. The van der Waals surface area contributed by atoms with Crippen LogP contribution in [-0.2, 0) is 0 Å². The van der Waals surface area contributed by atoms with Crippen molar-refractivity contribution in [2.45, 2.75) is 0 Å². The highest BCUT2D eigenvalue weighted by atomic mass is 79.9. The number of para-hydroxylation sites is 1. The van der Waals surface area contributed by atoms with Gasteiger partial charge >= 0.3 is 0 Å². The van der Waals surface area contributed by atoms with Crippen LogP contribution >= 0.6 is 16.1 Å². The van der Waals surface area contributed by atoms with Crippen LogP contribution in [0.2, 0.25) is 0 Å². The number of nitrogens with zero attached hydrogens (tertiary/aromatic N) is 3. The molecule has 0 spiro atoms. The maximum absolute atomic E-state index is 4.32. The normalized spacial score (nSPS) is 14.4. The van der Waals surface area contributed by atoms with Crippen molar-refractivity contribution in [1.82, 2.24) is 9.57 Å². The fraction of sp³-hybridized carbons (Fsp3) is 0. The zero-order valence-corrected chi connectivity index (χ0v) is 11.1. The lowest BCUT2D eigenvalue weighted by Gasteiger charge is -2.24. The van der Waals surface area contributed by atoms with Crippen molar-refractivity contribution < 1.29 is 0 Å². The molecule has 2 aromatic rings. The molecule has 1 aliphatic rings. The second-order valence-corrected chi connectivity index (χ2v) is 4.48. The minimum Gasteiger partial charge on any atom is -0.196 e. The van der Waals surface area contributed by atoms with Crippen LogP contribution in [0.25, 0.3) is 0 Å². The number of hydrazone groups is 1. The molecule has 4 nitrogen and oxygen atoms in total. The van der Waals surface area contributed by atoms with Gasteiger partial charge in [-0.05, 0) is 12.1 Å². The number of nitrogens with one attached hydrogen (secondary N) is 1. The van der Waals surface area contributed by atoms with E-state index < -0.39 is 0 Å². The van der Waals surface area contributed by atoms with E-state index in [1.54, 1.807) is 4.03 Å². The molecule has 0 saturated carbocycles. The molecule has 3 rings (SSSR count). The van der Waals surface area contributed by atoms with Gasteiger partial charge in [-0.2, -0.15) is 14.7 Å². The van der Waals surface area contributed by atoms with E-state index >= 15 is 0 Å². The Morgan fingerprint density at radius 2 is 1.50 bits per heavy atom. The molecule has 0 aromatic heterocycles. The molecule has 1 heterocycles. The Balaban J connectivity index is 1.87. The number of rotatable bonds is 2. The highest BCUT2D eigenvalue weighted by Crippen LogP contribution is 2.22. The van der Waals surface area contributed by atoms with Gasteiger partial charge in [0.05, 0.1) is 21.8 Å². The van der Waals surface area contributed by atoms with Crippen molar-refractivity contribution in [1.29, 1.82) is 0 Å². The van der Waals surface area contributed by atoms with Crippen LogP contribution in [0.1, 0.15) is 5.56 Å². The maximum Gasteiger partial charge on any atom is 0.189 e. The predicted molar refractivity (Wildman–Crippen MR) is 75.8 cm³/mol. The van der Waals surface area contributed by atoms with Gasteiger partial charge in [0.1, 0.15) is 0 Å². The summed E-state index contributed by atoms with van der Waals surface area (Å²) in [6.07, 6.45) is 0. The van der Waals surface area contributed by atoms with Gasteiger partial charge in [-0.1, -0.05) is 48.5 Å². The van der Waals surface area contributed by atoms with Gasteiger partial charge in [0.2, 0.25) is 0 Å². The Labute approximate surface area is 114 Å². The van der Waals surface area contributed by atoms with Crippen LogP contribution in [0.5, 0.6) is 0 Å². The third-order valence-corrected chi connectivity index (χ3v) is 3.29. The Kier molecular flexibility index (Phi) is 2.90. The molecule has 0 aliphatic carbocycles. The Bertz CT molecular complexity index is 556. The van der Waals surface area contributed by atoms with E-state index in [1.807, 2.05) is 65.8 Å². The van der Waals surface area contributed by atoms with Crippen LogP contribution in [0, 0.1) is 0 Å². The summed E-state index contributed by atoms with van der Waals surface area (Å²) in [5.74, 6) is 0.819. The lowest BCUT2D eigenvalue weighted by atomic mass is 10.2. The van der Waals surface area contributed by atoms with Crippen LogP contribution in [0.4, 0.5) is 5.69 Å². The molecule has 0 unspecified atom stereocenters. The molecule has 0 amide bonds. The zero-order chi connectivity index (χ0) is 12.4. The molecule has 0 saturated heterocycles. The van der Waals surface area contributed by atoms with Crippen molar-refractivity contribution >= 4 is 27.7 Å². The molecule has 1 aliphatic heterocycles. The van der Waals surface area contributed by atoms with Gasteiger partial charge in [0.15, 0.2) is 5.84 Å². The van der Waals surface area contributed by atoms with E-state index in [9.17, 15) is 0 Å². The second-order valence-electron chi connectivity index (χ2n) is 3.81. The van der Waals surface area contributed by atoms with Gasteiger partial charge < -0.3 is 0 Å². The third-order valence-electron chi connectivity index (χ3n) is 2.63. The molecular weight excluding hydrogens is 292 g/mol. The van der Waals surface area contributed by atoms with Crippen molar-refractivity contribution in [3.8, 4) is 0 Å². The zero-order valence-electron chi connectivity index (χ0n) is 9.49. The molecule has 0 atom stereocenters. The molecule has 2 aromatic carbocycles. The Hall–Kier alpha value is -2.01. The first-order valence-electron chi connectivity index (χ1n) is 5.56. The summed E-state index contributed by atoms with van der Waals surface area (Å²) in [5, 5.41) is 6.14. The fourth-order valence-corrected chi connectivity index (χ4v) is 2.29. The molecule has 1 N–H and O–H groups in total. The number of anilines is 1. The Morgan fingerprint density at radius 3 is 2.17 bits per heavy atom. The average Bonchev–Trinajstić information content (AvgIpc) is 2.83. The highest BCUT2D eigenvalue weighted by Gasteiger charge is 2.25. The first-order chi connectivity index (χ1) is 8.86. The number of hydrogen-bond acceptors (Lipinski definition) is 4. The van der Waals surface area contributed by atoms with E-state index in [-0.39, 0.29) is 0 Å². The topological polar surface area (TPSA) is 30.9 Å². The summed E-state index contributed by atoms with van der Waals surface area (Å²) >= 11 is 3.51. The quantitative estimate of drug-likeness (QED) is 0.866. The summed E-state index contributed by atoms with van der Waals surface area (Å²) in [7, 11) is 0. The van der Waals surface area contributed by atoms with Gasteiger partial charge in [-0.3, -0.25) is 0 Å². The minimum atomic E-state index is 0.819. The average molecular weight is 303 g/mol. The smallest absolute Gasteiger partial charge is 0.189 e. The van der Waals surface area contributed by atoms with Crippen molar-refractivity contribution in [2.75, 3.05) is 5.12 Å². The van der Waals surface area contributed by atoms with Gasteiger partial charge in [0.25, 0.3) is 0 Å². The summed E-state index contributed by atoms with van der Waals surface area (Å²) in [6.45, 7) is 0. The summed E-state index contributed by atoms with van der Waals surface area (Å²) in [6, 6.07) is 20.0. The molecule has 90 valence electrons. The maximum atomic E-state index is 4.32. The second kappa shape index (κ2) is 4.70. The molecule has 5 heteroatoms. The van der Waals surface area contributed by atoms with E-state index in [0.717, 1.165) is 17.1 Å². The fourth-order valence-electron chi connectivity index (χ4n) is 1.76. The number of hydrazine groups is 2. The first-order valence-corrected chi connectivity index (χ1v) is 6.27. The van der Waals surface area contributed by atoms with Crippen molar-refractivity contribution in [3.63, 3.8) is 0 Å². The molecule has 0 radical (unpaired) electrons. The van der Waals surface area contributed by atoms with Gasteiger partial charge in [-0.25, -0.2) is 0 Å². The first kappa shape index (κ1) is 11.1. The van der Waals surface area contributed by atoms with E-state index in [2.05, 4.69) is 26.8 Å². The van der Waals surface area contributed by atoms with E-state index in [1.165, 1.54) is 0 Å². The summed E-state index contributed by atoms with van der Waals surface area (Å²) in [5.41, 5.74) is 5.02. The van der Waals surface area contributed by atoms with Crippen LogP contribution in [-0.4, -0.2) is 9.87 Å². The van der Waals surface area contributed by atoms with Crippen LogP contribution < -0.4 is 10.7 Å². The minimum absolute atomic E-state index is 0.819. The predicted octanol–water partition coefficient (Wildman–Crippen LogP) is 2.90. The summed E-state index contributed by atoms with van der Waals surface area (Å²) < 4.78 is 1.80. The van der Waals surface area contributed by atoms with Gasteiger partial charge in [0, 0.05) is 5.56 Å². The monoisotopic (exact) mass is 302 g/mol. The Morgan fingerprint density at radius 1 is 0.889 bits per heavy atom. The molecular formula is C13H11BrN4. The number of hydrogen-bond donors (Lipinski definition) is 1. The summed E-state index contributed by atoms with van der Waals surface area (Å²) in [4.78, 5) is 0. The number of amidine groups is 1. The van der Waals surface area contributed by atoms with E-state index in [4.69, 9.17) is 0 Å². The molecule has 18 heavy (non-hydrogen) atoms. The SMILES string of the molecule is BrN1C(c2ccccc2)=NNN1c1ccccc1. The number of halogens is 1. The number of benzene rings is 2.